The summed E-state index contributed by atoms with van der Waals surface area (Å²) in [6.07, 6.45) is 1.52. The number of rotatable bonds is 2. The Hall–Kier alpha value is -0.630. The van der Waals surface area contributed by atoms with Crippen LogP contribution in [0.15, 0.2) is 27.8 Å². The smallest absolute Gasteiger partial charge is 0.332 e. The average Bonchev–Trinajstić information content (AvgIpc) is 2.12. The molecule has 1 aromatic carbocycles. The molecule has 1 rings (SSSR count). The summed E-state index contributed by atoms with van der Waals surface area (Å²) >= 11 is 5.60. The van der Waals surface area contributed by atoms with E-state index in [1.54, 1.807) is 0 Å². The van der Waals surface area contributed by atoms with Gasteiger partial charge in [0, 0.05) is 13.6 Å². The van der Waals surface area contributed by atoms with Crippen LogP contribution in [0.2, 0.25) is 0 Å². The highest BCUT2D eigenvalue weighted by Crippen LogP contribution is 2.21. The summed E-state index contributed by atoms with van der Waals surface area (Å²) in [6.45, 7) is 0. The first-order valence-corrected chi connectivity index (χ1v) is 5.51. The maximum Gasteiger partial charge on any atom is 0.332 e. The van der Waals surface area contributed by atoms with Gasteiger partial charge in [-0.1, -0.05) is 12.1 Å². The van der Waals surface area contributed by atoms with Crippen LogP contribution in [0.25, 0.3) is 0 Å². The molecule has 0 spiro atoms. The van der Waals surface area contributed by atoms with Crippen LogP contribution in [-0.2, 0) is 0 Å². The minimum Gasteiger partial charge on any atom is -0.350 e. The van der Waals surface area contributed by atoms with Crippen LogP contribution < -0.4 is 11.2 Å². The Labute approximate surface area is 103 Å². The highest BCUT2D eigenvalue weighted by molar-refractivity contribution is 14.1. The lowest BCUT2D eigenvalue weighted by atomic mass is 10.2. The van der Waals surface area contributed by atoms with E-state index < -0.39 is 6.03 Å². The zero-order valence-electron chi connectivity index (χ0n) is 7.00. The van der Waals surface area contributed by atoms with Gasteiger partial charge in [0.05, 0.1) is 6.21 Å². The van der Waals surface area contributed by atoms with Crippen molar-refractivity contribution in [3.05, 3.63) is 31.8 Å². The molecule has 0 saturated heterocycles. The van der Waals surface area contributed by atoms with Crippen LogP contribution >= 0.6 is 38.5 Å². The molecule has 0 heterocycles. The molecule has 14 heavy (non-hydrogen) atoms. The number of benzene rings is 1. The Morgan fingerprint density at radius 2 is 2.36 bits per heavy atom. The Bertz CT molecular complexity index is 381. The van der Waals surface area contributed by atoms with Crippen LogP contribution in [0.5, 0.6) is 0 Å². The number of primary amides is 1. The third kappa shape index (κ3) is 3.26. The number of amides is 2. The van der Waals surface area contributed by atoms with Crippen LogP contribution in [0.1, 0.15) is 5.56 Å². The molecule has 74 valence electrons. The summed E-state index contributed by atoms with van der Waals surface area (Å²) in [6, 6.07) is 5.06. The summed E-state index contributed by atoms with van der Waals surface area (Å²) in [5, 5.41) is 3.66. The molecule has 2 amide bonds. The van der Waals surface area contributed by atoms with E-state index in [0.717, 1.165) is 13.6 Å². The summed E-state index contributed by atoms with van der Waals surface area (Å²) < 4.78 is 2.02. The number of nitrogens with one attached hydrogen (secondary N) is 1. The Morgan fingerprint density at radius 3 is 3.00 bits per heavy atom. The minimum atomic E-state index is -0.678. The molecule has 4 nitrogen and oxygen atoms in total. The standard InChI is InChI=1S/C8H7BrIN3O/c9-7-5(2-1-3-6(7)10)4-12-13-8(11)14/h1-4H,(H3,11,13,14). The zero-order chi connectivity index (χ0) is 10.6. The van der Waals surface area contributed by atoms with E-state index in [1.165, 1.54) is 6.21 Å². The predicted molar refractivity (Wildman–Crippen MR) is 67.2 cm³/mol. The van der Waals surface area contributed by atoms with Gasteiger partial charge in [-0.3, -0.25) is 0 Å². The fourth-order valence-corrected chi connectivity index (χ4v) is 1.67. The predicted octanol–water partition coefficient (Wildman–Crippen LogP) is 2.06. The summed E-state index contributed by atoms with van der Waals surface area (Å²) in [5.41, 5.74) is 7.85. The van der Waals surface area contributed by atoms with E-state index in [4.69, 9.17) is 5.73 Å². The number of nitrogens with zero attached hydrogens (tertiary/aromatic N) is 1. The molecule has 0 fully saturated rings. The zero-order valence-corrected chi connectivity index (χ0v) is 10.7. The van der Waals surface area contributed by atoms with Crippen LogP contribution in [0.3, 0.4) is 0 Å². The highest BCUT2D eigenvalue weighted by Gasteiger charge is 1.99. The van der Waals surface area contributed by atoms with E-state index in [-0.39, 0.29) is 0 Å². The first-order chi connectivity index (χ1) is 6.61. The van der Waals surface area contributed by atoms with Gasteiger partial charge in [-0.15, -0.1) is 0 Å². The molecule has 0 aromatic heterocycles. The van der Waals surface area contributed by atoms with Crippen LogP contribution in [-0.4, -0.2) is 12.2 Å². The monoisotopic (exact) mass is 367 g/mol. The number of nitrogens with two attached hydrogens (primary N) is 1. The molecule has 0 bridgehead atoms. The van der Waals surface area contributed by atoms with Gasteiger partial charge >= 0.3 is 6.03 Å². The quantitative estimate of drug-likeness (QED) is 0.469. The van der Waals surface area contributed by atoms with Crippen molar-refractivity contribution in [2.24, 2.45) is 10.8 Å². The fraction of sp³-hybridized carbons (Fsp3) is 0. The molecular weight excluding hydrogens is 361 g/mol. The summed E-state index contributed by atoms with van der Waals surface area (Å²) in [7, 11) is 0. The normalized spacial score (nSPS) is 10.4. The molecule has 0 radical (unpaired) electrons. The van der Waals surface area contributed by atoms with Crippen molar-refractivity contribution in [3.8, 4) is 0 Å². The van der Waals surface area contributed by atoms with Crippen LogP contribution in [0.4, 0.5) is 4.79 Å². The van der Waals surface area contributed by atoms with Crippen molar-refractivity contribution in [2.45, 2.75) is 0 Å². The number of hydrogen-bond donors (Lipinski definition) is 2. The van der Waals surface area contributed by atoms with Gasteiger partial charge in [-0.2, -0.15) is 5.10 Å². The molecule has 3 N–H and O–H groups in total. The highest BCUT2D eigenvalue weighted by atomic mass is 127. The molecule has 0 aliphatic carbocycles. The van der Waals surface area contributed by atoms with Crippen molar-refractivity contribution in [3.63, 3.8) is 0 Å². The van der Waals surface area contributed by atoms with E-state index in [1.807, 2.05) is 18.2 Å². The number of carbonyl (C=O) groups excluding carboxylic acids is 1. The lowest BCUT2D eigenvalue weighted by molar-refractivity contribution is 0.249. The molecule has 0 aliphatic heterocycles. The Kier molecular flexibility index (Phi) is 4.33. The number of hydrogen-bond acceptors (Lipinski definition) is 2. The van der Waals surface area contributed by atoms with E-state index in [0.29, 0.717) is 0 Å². The molecule has 6 heteroatoms. The third-order valence-corrected chi connectivity index (χ3v) is 3.89. The lowest BCUT2D eigenvalue weighted by Crippen LogP contribution is -2.24. The lowest BCUT2D eigenvalue weighted by Gasteiger charge is -1.99. The van der Waals surface area contributed by atoms with Crippen molar-refractivity contribution < 1.29 is 4.79 Å². The van der Waals surface area contributed by atoms with Crippen molar-refractivity contribution >= 4 is 50.8 Å². The second-order valence-electron chi connectivity index (χ2n) is 2.38. The number of carbonyl (C=O) groups is 1. The maximum absolute atomic E-state index is 10.3. The third-order valence-electron chi connectivity index (χ3n) is 1.36. The van der Waals surface area contributed by atoms with Gasteiger partial charge in [0.15, 0.2) is 0 Å². The van der Waals surface area contributed by atoms with Crippen molar-refractivity contribution in [1.82, 2.24) is 5.43 Å². The van der Waals surface area contributed by atoms with E-state index in [2.05, 4.69) is 49.0 Å². The first-order valence-electron chi connectivity index (χ1n) is 3.64. The molecule has 0 atom stereocenters. The van der Waals surface area contributed by atoms with Gasteiger partial charge in [-0.25, -0.2) is 10.2 Å². The summed E-state index contributed by atoms with van der Waals surface area (Å²) in [5.74, 6) is 0. The first kappa shape index (κ1) is 11.4. The Balaban J connectivity index is 2.81. The topological polar surface area (TPSA) is 67.5 Å². The van der Waals surface area contributed by atoms with E-state index >= 15 is 0 Å². The van der Waals surface area contributed by atoms with E-state index in [9.17, 15) is 4.79 Å². The Morgan fingerprint density at radius 1 is 1.64 bits per heavy atom. The second kappa shape index (κ2) is 5.30. The van der Waals surface area contributed by atoms with Gasteiger partial charge in [0.1, 0.15) is 0 Å². The van der Waals surface area contributed by atoms with Gasteiger partial charge in [0.25, 0.3) is 0 Å². The second-order valence-corrected chi connectivity index (χ2v) is 4.33. The van der Waals surface area contributed by atoms with Crippen LogP contribution in [0, 0.1) is 3.57 Å². The molecule has 1 aromatic rings. The molecule has 0 saturated carbocycles. The molecule has 0 aliphatic rings. The van der Waals surface area contributed by atoms with Gasteiger partial charge in [0.2, 0.25) is 0 Å². The minimum absolute atomic E-state index is 0.678. The fourth-order valence-electron chi connectivity index (χ4n) is 0.786. The van der Waals surface area contributed by atoms with Crippen molar-refractivity contribution in [2.75, 3.05) is 0 Å². The largest absolute Gasteiger partial charge is 0.350 e. The SMILES string of the molecule is NC(=O)NN=Cc1cccc(I)c1Br. The van der Waals surface area contributed by atoms with Crippen molar-refractivity contribution in [1.29, 1.82) is 0 Å². The number of halogens is 2. The number of urea groups is 1. The molecular formula is C8H7BrIN3O. The van der Waals surface area contributed by atoms with Gasteiger partial charge < -0.3 is 5.73 Å². The average molecular weight is 368 g/mol. The van der Waals surface area contributed by atoms with Gasteiger partial charge in [-0.05, 0) is 44.6 Å². The number of hydrazone groups is 1. The maximum atomic E-state index is 10.3. The summed E-state index contributed by atoms with van der Waals surface area (Å²) in [4.78, 5) is 10.3. The molecule has 0 unspecified atom stereocenters.